The summed E-state index contributed by atoms with van der Waals surface area (Å²) in [5, 5.41) is 8.93. The lowest BCUT2D eigenvalue weighted by molar-refractivity contribution is 0.0696. The van der Waals surface area contributed by atoms with Gasteiger partial charge in [-0.15, -0.1) is 0 Å². The molecule has 0 radical (unpaired) electrons. The topological polar surface area (TPSA) is 88.5 Å². The zero-order valence-corrected chi connectivity index (χ0v) is 12.6. The highest BCUT2D eigenvalue weighted by molar-refractivity contribution is 7.90. The zero-order valence-electron chi connectivity index (χ0n) is 11.8. The lowest BCUT2D eigenvalue weighted by Crippen LogP contribution is -2.07. The van der Waals surface area contributed by atoms with E-state index in [2.05, 4.69) is 0 Å². The van der Waals surface area contributed by atoms with E-state index in [4.69, 9.17) is 5.11 Å². The molecule has 2 aromatic carbocycles. The quantitative estimate of drug-likeness (QED) is 0.856. The SMILES string of the molecule is CC(=O)c1cccc(CS(=O)(=O)c2cccc(C(=O)O)c2)c1. The number of hydrogen-bond acceptors (Lipinski definition) is 4. The van der Waals surface area contributed by atoms with Crippen LogP contribution in [-0.2, 0) is 15.6 Å². The number of Topliss-reactive ketones (excluding diaryl/α,β-unsaturated/α-hetero) is 1. The summed E-state index contributed by atoms with van der Waals surface area (Å²) >= 11 is 0. The molecule has 0 amide bonds. The highest BCUT2D eigenvalue weighted by Gasteiger charge is 2.17. The molecule has 0 heterocycles. The summed E-state index contributed by atoms with van der Waals surface area (Å²) in [7, 11) is -3.69. The Morgan fingerprint density at radius 3 is 2.27 bits per heavy atom. The van der Waals surface area contributed by atoms with Crippen molar-refractivity contribution in [2.24, 2.45) is 0 Å². The molecule has 0 aliphatic rings. The van der Waals surface area contributed by atoms with Crippen molar-refractivity contribution in [2.45, 2.75) is 17.6 Å². The minimum absolute atomic E-state index is 0.0550. The van der Waals surface area contributed by atoms with Crippen LogP contribution in [0.1, 0.15) is 33.2 Å². The van der Waals surface area contributed by atoms with Gasteiger partial charge in [0.15, 0.2) is 15.6 Å². The smallest absolute Gasteiger partial charge is 0.335 e. The van der Waals surface area contributed by atoms with Crippen LogP contribution in [0.4, 0.5) is 0 Å². The molecular weight excluding hydrogens is 304 g/mol. The maximum atomic E-state index is 12.4. The van der Waals surface area contributed by atoms with Crippen LogP contribution in [0.2, 0.25) is 0 Å². The molecule has 0 fully saturated rings. The number of aromatic carboxylic acids is 1. The maximum absolute atomic E-state index is 12.4. The molecular formula is C16H14O5S. The van der Waals surface area contributed by atoms with E-state index in [1.807, 2.05) is 0 Å². The van der Waals surface area contributed by atoms with Crippen LogP contribution >= 0.6 is 0 Å². The number of hydrogen-bond donors (Lipinski definition) is 1. The van der Waals surface area contributed by atoms with E-state index >= 15 is 0 Å². The van der Waals surface area contributed by atoms with Crippen molar-refractivity contribution in [1.29, 1.82) is 0 Å². The van der Waals surface area contributed by atoms with Crippen LogP contribution in [0, 0.1) is 0 Å². The molecule has 0 aliphatic heterocycles. The molecule has 0 aromatic heterocycles. The number of benzene rings is 2. The molecule has 2 aromatic rings. The average Bonchev–Trinajstić information content (AvgIpc) is 2.47. The maximum Gasteiger partial charge on any atom is 0.335 e. The third-order valence-corrected chi connectivity index (χ3v) is 4.82. The Kier molecular flexibility index (Phi) is 4.42. The first-order chi connectivity index (χ1) is 10.3. The van der Waals surface area contributed by atoms with Gasteiger partial charge in [0.25, 0.3) is 0 Å². The monoisotopic (exact) mass is 318 g/mol. The van der Waals surface area contributed by atoms with Crippen molar-refractivity contribution in [2.75, 3.05) is 0 Å². The molecule has 0 bridgehead atoms. The van der Waals surface area contributed by atoms with Gasteiger partial charge in [0.2, 0.25) is 0 Å². The molecule has 22 heavy (non-hydrogen) atoms. The van der Waals surface area contributed by atoms with E-state index in [9.17, 15) is 18.0 Å². The Morgan fingerprint density at radius 1 is 1.00 bits per heavy atom. The second-order valence-electron chi connectivity index (χ2n) is 4.85. The van der Waals surface area contributed by atoms with Crippen molar-refractivity contribution in [3.63, 3.8) is 0 Å². The molecule has 114 valence electrons. The standard InChI is InChI=1S/C16H14O5S/c1-11(17)13-5-2-4-12(8-13)10-22(20,21)15-7-3-6-14(9-15)16(18)19/h2-9H,10H2,1H3,(H,18,19). The second kappa shape index (κ2) is 6.11. The summed E-state index contributed by atoms with van der Waals surface area (Å²) in [5.74, 6) is -1.63. The normalized spacial score (nSPS) is 11.1. The lowest BCUT2D eigenvalue weighted by Gasteiger charge is -2.07. The van der Waals surface area contributed by atoms with Crippen molar-refractivity contribution < 1.29 is 23.1 Å². The van der Waals surface area contributed by atoms with Crippen LogP contribution in [0.5, 0.6) is 0 Å². The summed E-state index contributed by atoms with van der Waals surface area (Å²) in [6.45, 7) is 1.41. The minimum Gasteiger partial charge on any atom is -0.478 e. The Balaban J connectivity index is 2.35. The molecule has 0 atom stereocenters. The summed E-state index contributed by atoms with van der Waals surface area (Å²) in [5.41, 5.74) is 0.832. The molecule has 0 saturated heterocycles. The van der Waals surface area contributed by atoms with Crippen LogP contribution in [0.25, 0.3) is 0 Å². The first-order valence-corrected chi connectivity index (χ1v) is 8.11. The van der Waals surface area contributed by atoms with Gasteiger partial charge in [0.05, 0.1) is 16.2 Å². The van der Waals surface area contributed by atoms with Crippen molar-refractivity contribution >= 4 is 21.6 Å². The summed E-state index contributed by atoms with van der Waals surface area (Å²) in [4.78, 5) is 22.2. The molecule has 1 N–H and O–H groups in total. The minimum atomic E-state index is -3.69. The molecule has 0 unspecified atom stereocenters. The molecule has 0 spiro atoms. The van der Waals surface area contributed by atoms with Gasteiger partial charge < -0.3 is 5.11 Å². The second-order valence-corrected chi connectivity index (χ2v) is 6.84. The van der Waals surface area contributed by atoms with Gasteiger partial charge in [-0.05, 0) is 36.8 Å². The van der Waals surface area contributed by atoms with Crippen molar-refractivity contribution in [3.05, 3.63) is 65.2 Å². The predicted octanol–water partition coefficient (Wildman–Crippen LogP) is 2.56. The number of carbonyl (C=O) groups excluding carboxylic acids is 1. The number of carbonyl (C=O) groups is 2. The van der Waals surface area contributed by atoms with Crippen LogP contribution in [-0.4, -0.2) is 25.3 Å². The van der Waals surface area contributed by atoms with Crippen molar-refractivity contribution in [3.8, 4) is 0 Å². The van der Waals surface area contributed by atoms with E-state index in [0.29, 0.717) is 11.1 Å². The largest absolute Gasteiger partial charge is 0.478 e. The predicted molar refractivity (Wildman–Crippen MR) is 80.7 cm³/mol. The molecule has 5 nitrogen and oxygen atoms in total. The van der Waals surface area contributed by atoms with Gasteiger partial charge in [-0.1, -0.05) is 24.3 Å². The number of rotatable bonds is 5. The Labute approximate surface area is 128 Å². The number of sulfone groups is 1. The first-order valence-electron chi connectivity index (χ1n) is 6.45. The number of ketones is 1. The van der Waals surface area contributed by atoms with E-state index < -0.39 is 15.8 Å². The van der Waals surface area contributed by atoms with E-state index in [0.717, 1.165) is 6.07 Å². The van der Waals surface area contributed by atoms with Gasteiger partial charge >= 0.3 is 5.97 Å². The lowest BCUT2D eigenvalue weighted by atomic mass is 10.1. The third-order valence-electron chi connectivity index (χ3n) is 3.13. The van der Waals surface area contributed by atoms with Crippen LogP contribution < -0.4 is 0 Å². The van der Waals surface area contributed by atoms with Gasteiger partial charge in [-0.25, -0.2) is 13.2 Å². The Hall–Kier alpha value is -2.47. The number of carboxylic acid groups (broad SMARTS) is 1. The highest BCUT2D eigenvalue weighted by Crippen LogP contribution is 2.18. The van der Waals surface area contributed by atoms with Crippen molar-refractivity contribution in [1.82, 2.24) is 0 Å². The summed E-state index contributed by atoms with van der Waals surface area (Å²) in [6, 6.07) is 11.6. The van der Waals surface area contributed by atoms with E-state index in [-0.39, 0.29) is 22.0 Å². The Morgan fingerprint density at radius 2 is 1.64 bits per heavy atom. The first kappa shape index (κ1) is 15.9. The van der Waals surface area contributed by atoms with Crippen LogP contribution in [0.3, 0.4) is 0 Å². The van der Waals surface area contributed by atoms with Gasteiger partial charge in [-0.3, -0.25) is 4.79 Å². The molecule has 0 saturated carbocycles. The van der Waals surface area contributed by atoms with E-state index in [1.54, 1.807) is 18.2 Å². The fourth-order valence-electron chi connectivity index (χ4n) is 2.01. The average molecular weight is 318 g/mol. The Bertz CT molecular complexity index is 837. The summed E-state index contributed by atoms with van der Waals surface area (Å²) < 4.78 is 24.8. The summed E-state index contributed by atoms with van der Waals surface area (Å²) in [6.07, 6.45) is 0. The van der Waals surface area contributed by atoms with Gasteiger partial charge in [0.1, 0.15) is 0 Å². The molecule has 6 heteroatoms. The third kappa shape index (κ3) is 3.59. The highest BCUT2D eigenvalue weighted by atomic mass is 32.2. The molecule has 0 aliphatic carbocycles. The number of carboxylic acids is 1. The van der Waals surface area contributed by atoms with Gasteiger partial charge in [0, 0.05) is 5.56 Å². The van der Waals surface area contributed by atoms with Gasteiger partial charge in [-0.2, -0.15) is 0 Å². The molecule has 2 rings (SSSR count). The van der Waals surface area contributed by atoms with Crippen LogP contribution in [0.15, 0.2) is 53.4 Å². The fourth-order valence-corrected chi connectivity index (χ4v) is 3.38. The zero-order chi connectivity index (χ0) is 16.3. The fraction of sp³-hybridized carbons (Fsp3) is 0.125. The van der Waals surface area contributed by atoms with E-state index in [1.165, 1.54) is 31.2 Å².